The SMILES string of the molecule is CC(C)CNC(=O)[C@H](Cc1ccccc1)N(Cc1ccc(F)cc1)C(=O)CN1C(=O)c2cccc3cccc1c23. The second kappa shape index (κ2) is 11.7. The van der Waals surface area contributed by atoms with Gasteiger partial charge in [0.1, 0.15) is 18.4 Å². The highest BCUT2D eigenvalue weighted by atomic mass is 19.1. The van der Waals surface area contributed by atoms with Gasteiger partial charge < -0.3 is 10.2 Å². The lowest BCUT2D eigenvalue weighted by Crippen LogP contribution is -2.53. The molecule has 204 valence electrons. The predicted octanol–water partition coefficient (Wildman–Crippen LogP) is 5.35. The Kier molecular flexibility index (Phi) is 7.91. The van der Waals surface area contributed by atoms with Crippen LogP contribution in [-0.2, 0) is 22.6 Å². The van der Waals surface area contributed by atoms with Gasteiger partial charge in [-0.2, -0.15) is 0 Å². The monoisotopic (exact) mass is 537 g/mol. The molecule has 0 spiro atoms. The fourth-order valence-electron chi connectivity index (χ4n) is 5.13. The van der Waals surface area contributed by atoms with Gasteiger partial charge in [0, 0.05) is 30.5 Å². The summed E-state index contributed by atoms with van der Waals surface area (Å²) in [6.45, 7) is 4.34. The Morgan fingerprint density at radius 3 is 2.27 bits per heavy atom. The second-order valence-electron chi connectivity index (χ2n) is 10.6. The summed E-state index contributed by atoms with van der Waals surface area (Å²) in [6.07, 6.45) is 0.293. The third-order valence-electron chi connectivity index (χ3n) is 7.16. The summed E-state index contributed by atoms with van der Waals surface area (Å²) in [4.78, 5) is 44.2. The van der Waals surface area contributed by atoms with Crippen LogP contribution >= 0.6 is 0 Å². The zero-order valence-corrected chi connectivity index (χ0v) is 22.6. The van der Waals surface area contributed by atoms with Crippen molar-refractivity contribution in [3.05, 3.63) is 114 Å². The molecule has 7 heteroatoms. The Balaban J connectivity index is 1.50. The fourth-order valence-corrected chi connectivity index (χ4v) is 5.13. The molecule has 3 amide bonds. The van der Waals surface area contributed by atoms with Crippen LogP contribution in [0.5, 0.6) is 0 Å². The standard InChI is InChI=1S/C33H32FN3O3/c1-22(2)19-35-32(39)29(18-23-8-4-3-5-9-23)36(20-24-14-16-26(34)17-15-24)30(38)21-37-28-13-7-11-25-10-6-12-27(31(25)28)33(37)40/h3-17,22,29H,18-21H2,1-2H3,(H,35,39)/t29-/m0/s1. The zero-order chi connectivity index (χ0) is 28.2. The van der Waals surface area contributed by atoms with Crippen LogP contribution in [0.25, 0.3) is 10.8 Å². The van der Waals surface area contributed by atoms with E-state index < -0.39 is 6.04 Å². The van der Waals surface area contributed by atoms with Crippen molar-refractivity contribution in [2.24, 2.45) is 5.92 Å². The predicted molar refractivity (Wildman–Crippen MR) is 154 cm³/mol. The molecule has 0 radical (unpaired) electrons. The van der Waals surface area contributed by atoms with Gasteiger partial charge in [-0.3, -0.25) is 19.3 Å². The van der Waals surface area contributed by atoms with Crippen LogP contribution in [0.4, 0.5) is 10.1 Å². The number of nitrogens with one attached hydrogen (secondary N) is 1. The number of nitrogens with zero attached hydrogens (tertiary/aromatic N) is 2. The maximum Gasteiger partial charge on any atom is 0.259 e. The highest BCUT2D eigenvalue weighted by Gasteiger charge is 2.35. The highest BCUT2D eigenvalue weighted by Crippen LogP contribution is 2.37. The number of carbonyl (C=O) groups is 3. The van der Waals surface area contributed by atoms with E-state index in [2.05, 4.69) is 5.32 Å². The lowest BCUT2D eigenvalue weighted by molar-refractivity contribution is -0.140. The molecule has 6 nitrogen and oxygen atoms in total. The number of carbonyl (C=O) groups excluding carboxylic acids is 3. The molecular weight excluding hydrogens is 505 g/mol. The normalized spacial score (nSPS) is 13.1. The highest BCUT2D eigenvalue weighted by molar-refractivity contribution is 6.26. The average Bonchev–Trinajstić information content (AvgIpc) is 3.23. The van der Waals surface area contributed by atoms with Gasteiger partial charge in [0.15, 0.2) is 0 Å². The molecule has 0 bridgehead atoms. The molecule has 0 saturated carbocycles. The minimum atomic E-state index is -0.838. The van der Waals surface area contributed by atoms with E-state index in [1.807, 2.05) is 74.5 Å². The topological polar surface area (TPSA) is 69.7 Å². The van der Waals surface area contributed by atoms with Crippen LogP contribution in [0.3, 0.4) is 0 Å². The van der Waals surface area contributed by atoms with Gasteiger partial charge in [-0.05, 0) is 46.7 Å². The Morgan fingerprint density at radius 1 is 0.875 bits per heavy atom. The van der Waals surface area contributed by atoms with Gasteiger partial charge in [0.25, 0.3) is 5.91 Å². The van der Waals surface area contributed by atoms with Crippen molar-refractivity contribution >= 4 is 34.2 Å². The molecule has 1 aliphatic rings. The van der Waals surface area contributed by atoms with Crippen LogP contribution in [0, 0.1) is 11.7 Å². The molecule has 1 heterocycles. The zero-order valence-electron chi connectivity index (χ0n) is 22.6. The molecule has 4 aromatic rings. The first kappa shape index (κ1) is 27.1. The Labute approximate surface area is 233 Å². The average molecular weight is 538 g/mol. The van der Waals surface area contributed by atoms with E-state index >= 15 is 0 Å². The van der Waals surface area contributed by atoms with Crippen LogP contribution < -0.4 is 10.2 Å². The summed E-state index contributed by atoms with van der Waals surface area (Å²) in [5.74, 6) is -1.05. The van der Waals surface area contributed by atoms with Crippen LogP contribution in [-0.4, -0.2) is 41.8 Å². The van der Waals surface area contributed by atoms with Gasteiger partial charge in [-0.25, -0.2) is 4.39 Å². The van der Waals surface area contributed by atoms with Gasteiger partial charge >= 0.3 is 0 Å². The smallest absolute Gasteiger partial charge is 0.259 e. The molecule has 1 aliphatic heterocycles. The van der Waals surface area contributed by atoms with Crippen molar-refractivity contribution in [2.45, 2.75) is 32.9 Å². The first-order valence-electron chi connectivity index (χ1n) is 13.5. The first-order valence-corrected chi connectivity index (χ1v) is 13.5. The lowest BCUT2D eigenvalue weighted by atomic mass is 10.0. The summed E-state index contributed by atoms with van der Waals surface area (Å²) in [6, 6.07) is 25.8. The minimum absolute atomic E-state index is 0.0882. The minimum Gasteiger partial charge on any atom is -0.354 e. The fraction of sp³-hybridized carbons (Fsp3) is 0.242. The molecule has 5 rings (SSSR count). The lowest BCUT2D eigenvalue weighted by Gasteiger charge is -2.33. The number of anilines is 1. The number of halogens is 1. The molecule has 40 heavy (non-hydrogen) atoms. The van der Waals surface area contributed by atoms with Gasteiger partial charge in [0.2, 0.25) is 11.8 Å². The summed E-state index contributed by atoms with van der Waals surface area (Å²) in [5.41, 5.74) is 2.82. The molecular formula is C33H32FN3O3. The number of hydrogen-bond donors (Lipinski definition) is 1. The van der Waals surface area contributed by atoms with Crippen LogP contribution in [0.15, 0.2) is 91.0 Å². The van der Waals surface area contributed by atoms with Crippen molar-refractivity contribution in [1.82, 2.24) is 10.2 Å². The van der Waals surface area contributed by atoms with Crippen molar-refractivity contribution < 1.29 is 18.8 Å². The number of amides is 3. The number of rotatable bonds is 10. The molecule has 0 aromatic heterocycles. The van der Waals surface area contributed by atoms with Crippen molar-refractivity contribution in [2.75, 3.05) is 18.0 Å². The first-order chi connectivity index (χ1) is 19.3. The van der Waals surface area contributed by atoms with E-state index in [0.717, 1.165) is 16.3 Å². The maximum atomic E-state index is 14.1. The number of hydrogen-bond acceptors (Lipinski definition) is 3. The third kappa shape index (κ3) is 5.73. The van der Waals surface area contributed by atoms with Gasteiger partial charge in [-0.1, -0.05) is 80.6 Å². The molecule has 1 N–H and O–H groups in total. The Morgan fingerprint density at radius 2 is 1.57 bits per heavy atom. The van der Waals surface area contributed by atoms with E-state index in [-0.39, 0.29) is 42.5 Å². The van der Waals surface area contributed by atoms with E-state index in [9.17, 15) is 18.8 Å². The Hall–Kier alpha value is -4.52. The van der Waals surface area contributed by atoms with E-state index in [4.69, 9.17) is 0 Å². The van der Waals surface area contributed by atoms with Crippen molar-refractivity contribution in [1.29, 1.82) is 0 Å². The molecule has 0 saturated heterocycles. The molecule has 4 aromatic carbocycles. The third-order valence-corrected chi connectivity index (χ3v) is 7.16. The second-order valence-corrected chi connectivity index (χ2v) is 10.6. The summed E-state index contributed by atoms with van der Waals surface area (Å²) >= 11 is 0. The van der Waals surface area contributed by atoms with Gasteiger partial charge in [-0.15, -0.1) is 0 Å². The maximum absolute atomic E-state index is 14.1. The van der Waals surface area contributed by atoms with Crippen molar-refractivity contribution in [3.63, 3.8) is 0 Å². The van der Waals surface area contributed by atoms with Crippen LogP contribution in [0.1, 0.15) is 35.3 Å². The quantitative estimate of drug-likeness (QED) is 0.297. The van der Waals surface area contributed by atoms with Crippen LogP contribution in [0.2, 0.25) is 0 Å². The summed E-state index contributed by atoms with van der Waals surface area (Å²) < 4.78 is 13.7. The molecule has 0 fully saturated rings. The Bertz CT molecular complexity index is 1530. The number of benzene rings is 4. The molecule has 1 atom stereocenters. The van der Waals surface area contributed by atoms with E-state index in [0.29, 0.717) is 29.8 Å². The van der Waals surface area contributed by atoms with Crippen molar-refractivity contribution in [3.8, 4) is 0 Å². The van der Waals surface area contributed by atoms with E-state index in [1.54, 1.807) is 18.2 Å². The summed E-state index contributed by atoms with van der Waals surface area (Å²) in [7, 11) is 0. The van der Waals surface area contributed by atoms with E-state index in [1.165, 1.54) is 21.9 Å². The molecule has 0 unspecified atom stereocenters. The summed E-state index contributed by atoms with van der Waals surface area (Å²) in [5, 5.41) is 4.74. The van der Waals surface area contributed by atoms with Gasteiger partial charge in [0.05, 0.1) is 5.69 Å². The molecule has 0 aliphatic carbocycles. The largest absolute Gasteiger partial charge is 0.354 e.